The minimum Gasteiger partial charge on any atom is -0.372 e. The van der Waals surface area contributed by atoms with Crippen molar-refractivity contribution in [3.8, 4) is 0 Å². The quantitative estimate of drug-likeness (QED) is 0.258. The molecule has 1 saturated heterocycles. The lowest BCUT2D eigenvalue weighted by Gasteiger charge is -2.45. The molecule has 2 fully saturated rings. The summed E-state index contributed by atoms with van der Waals surface area (Å²) in [6.07, 6.45) is 10.8. The zero-order valence-electron chi connectivity index (χ0n) is 29.0. The van der Waals surface area contributed by atoms with Crippen LogP contribution in [0.3, 0.4) is 0 Å². The zero-order valence-corrected chi connectivity index (χ0v) is 29.0. The smallest absolute Gasteiger partial charge is 0.275 e. The third kappa shape index (κ3) is 7.73. The van der Waals surface area contributed by atoms with Crippen LogP contribution in [0.1, 0.15) is 88.7 Å². The molecule has 11 nitrogen and oxygen atoms in total. The summed E-state index contributed by atoms with van der Waals surface area (Å²) in [6, 6.07) is 8.10. The van der Waals surface area contributed by atoms with Crippen molar-refractivity contribution >= 4 is 29.2 Å². The van der Waals surface area contributed by atoms with Gasteiger partial charge in [0.1, 0.15) is 11.5 Å². The van der Waals surface area contributed by atoms with E-state index in [-0.39, 0.29) is 23.8 Å². The fourth-order valence-corrected chi connectivity index (χ4v) is 6.64. The van der Waals surface area contributed by atoms with Gasteiger partial charge in [-0.2, -0.15) is 0 Å². The number of carbonyl (C=O) groups excluding carboxylic acids is 3. The number of rotatable bonds is 12. The van der Waals surface area contributed by atoms with E-state index >= 15 is 0 Å². The molecule has 48 heavy (non-hydrogen) atoms. The summed E-state index contributed by atoms with van der Waals surface area (Å²) in [7, 11) is 3.37. The number of anilines is 2. The van der Waals surface area contributed by atoms with E-state index in [1.807, 2.05) is 24.1 Å². The van der Waals surface area contributed by atoms with Crippen molar-refractivity contribution < 1.29 is 14.4 Å². The van der Waals surface area contributed by atoms with Gasteiger partial charge in [0.2, 0.25) is 5.91 Å². The van der Waals surface area contributed by atoms with E-state index in [0.29, 0.717) is 47.2 Å². The molecule has 0 aromatic carbocycles. The van der Waals surface area contributed by atoms with Gasteiger partial charge >= 0.3 is 0 Å². The van der Waals surface area contributed by atoms with Crippen molar-refractivity contribution in [2.24, 2.45) is 0 Å². The summed E-state index contributed by atoms with van der Waals surface area (Å²) in [5.74, 6) is 0.423. The molecule has 0 radical (unpaired) electrons. The first kappa shape index (κ1) is 34.7. The van der Waals surface area contributed by atoms with Gasteiger partial charge in [0, 0.05) is 58.7 Å². The number of pyridine rings is 3. The molecule has 4 heterocycles. The number of aromatic nitrogens is 3. The lowest BCUT2D eigenvalue weighted by molar-refractivity contribution is -0.130. The molecular weight excluding hydrogens is 604 g/mol. The Morgan fingerprint density at radius 3 is 2.40 bits per heavy atom. The van der Waals surface area contributed by atoms with Gasteiger partial charge in [0.05, 0.1) is 28.7 Å². The molecular formula is C37H48N8O3. The maximum atomic E-state index is 13.4. The minimum absolute atomic E-state index is 0.0366. The largest absolute Gasteiger partial charge is 0.372 e. The van der Waals surface area contributed by atoms with E-state index in [1.54, 1.807) is 33.3 Å². The Morgan fingerprint density at radius 2 is 1.81 bits per heavy atom. The molecule has 2 aliphatic rings. The number of aryl methyl sites for hydroxylation is 2. The molecule has 0 spiro atoms. The predicted octanol–water partition coefficient (Wildman–Crippen LogP) is 5.15. The zero-order chi connectivity index (χ0) is 34.6. The van der Waals surface area contributed by atoms with Gasteiger partial charge in [-0.15, -0.1) is 0 Å². The van der Waals surface area contributed by atoms with Crippen LogP contribution in [0.4, 0.5) is 11.5 Å². The summed E-state index contributed by atoms with van der Waals surface area (Å²) < 4.78 is 0. The Bertz CT molecular complexity index is 1670. The fraction of sp³-hybridized carbons (Fsp3) is 0.459. The Labute approximate surface area is 283 Å². The molecule has 3 amide bonds. The van der Waals surface area contributed by atoms with E-state index in [4.69, 9.17) is 4.98 Å². The summed E-state index contributed by atoms with van der Waals surface area (Å²) in [4.78, 5) is 57.9. The third-order valence-electron chi connectivity index (χ3n) is 9.31. The summed E-state index contributed by atoms with van der Waals surface area (Å²) in [5.41, 5.74) is 4.64. The molecule has 0 bridgehead atoms. The SMILES string of the molecule is C=CC(=O)N1CCN(C[C@](CCC)(Nc2cnc(C(=O)Nc3ncc(C(=O)N(C)C)cc3C)c(C)c2)c2ccc(C3CC3)cn2)C[C@H]1C. The monoisotopic (exact) mass is 652 g/mol. The fourth-order valence-electron chi connectivity index (χ4n) is 6.64. The van der Waals surface area contributed by atoms with Gasteiger partial charge in [-0.1, -0.05) is 26.0 Å². The van der Waals surface area contributed by atoms with Crippen LogP contribution in [0.5, 0.6) is 0 Å². The number of amides is 3. The number of nitrogens with zero attached hydrogens (tertiary/aromatic N) is 6. The Morgan fingerprint density at radius 1 is 1.04 bits per heavy atom. The lowest BCUT2D eigenvalue weighted by Crippen LogP contribution is -2.57. The molecule has 5 rings (SSSR count). The second-order valence-corrected chi connectivity index (χ2v) is 13.5. The van der Waals surface area contributed by atoms with Crippen molar-refractivity contribution in [1.82, 2.24) is 29.7 Å². The van der Waals surface area contributed by atoms with E-state index in [2.05, 4.69) is 58.1 Å². The van der Waals surface area contributed by atoms with Crippen LogP contribution in [-0.4, -0.2) is 93.7 Å². The second kappa shape index (κ2) is 14.6. The molecule has 2 N–H and O–H groups in total. The minimum atomic E-state index is -0.536. The van der Waals surface area contributed by atoms with Gasteiger partial charge in [-0.3, -0.25) is 24.3 Å². The van der Waals surface area contributed by atoms with Crippen molar-refractivity contribution in [2.75, 3.05) is 50.9 Å². The molecule has 1 aliphatic heterocycles. The number of hydrogen-bond acceptors (Lipinski definition) is 8. The number of carbonyl (C=O) groups is 3. The van der Waals surface area contributed by atoms with Gasteiger partial charge < -0.3 is 20.4 Å². The first-order valence-electron chi connectivity index (χ1n) is 16.8. The maximum absolute atomic E-state index is 13.4. The summed E-state index contributed by atoms with van der Waals surface area (Å²) in [5, 5.41) is 6.69. The van der Waals surface area contributed by atoms with Crippen LogP contribution in [-0.2, 0) is 10.3 Å². The molecule has 254 valence electrons. The predicted molar refractivity (Wildman–Crippen MR) is 188 cm³/mol. The van der Waals surface area contributed by atoms with E-state index in [9.17, 15) is 14.4 Å². The van der Waals surface area contributed by atoms with Gasteiger partial charge in [0.25, 0.3) is 11.8 Å². The highest BCUT2D eigenvalue weighted by Crippen LogP contribution is 2.40. The van der Waals surface area contributed by atoms with Crippen LogP contribution in [0.25, 0.3) is 0 Å². The van der Waals surface area contributed by atoms with E-state index in [1.165, 1.54) is 35.6 Å². The van der Waals surface area contributed by atoms with Crippen molar-refractivity contribution in [3.63, 3.8) is 0 Å². The van der Waals surface area contributed by atoms with E-state index in [0.717, 1.165) is 37.3 Å². The average Bonchev–Trinajstić information content (AvgIpc) is 3.91. The maximum Gasteiger partial charge on any atom is 0.275 e. The number of piperazine rings is 1. The Kier molecular flexibility index (Phi) is 10.6. The third-order valence-corrected chi connectivity index (χ3v) is 9.31. The lowest BCUT2D eigenvalue weighted by atomic mass is 9.87. The Balaban J connectivity index is 1.39. The molecule has 11 heteroatoms. The van der Waals surface area contributed by atoms with Crippen LogP contribution in [0.2, 0.25) is 0 Å². The van der Waals surface area contributed by atoms with E-state index < -0.39 is 5.54 Å². The second-order valence-electron chi connectivity index (χ2n) is 13.5. The van der Waals surface area contributed by atoms with Gasteiger partial charge in [-0.05, 0) is 86.9 Å². The average molecular weight is 653 g/mol. The highest BCUT2D eigenvalue weighted by atomic mass is 16.2. The Hall–Kier alpha value is -4.64. The van der Waals surface area contributed by atoms with Crippen LogP contribution >= 0.6 is 0 Å². The molecule has 3 aromatic heterocycles. The van der Waals surface area contributed by atoms with Crippen LogP contribution in [0.15, 0.2) is 55.5 Å². The molecule has 1 saturated carbocycles. The van der Waals surface area contributed by atoms with Crippen LogP contribution in [0, 0.1) is 13.8 Å². The highest BCUT2D eigenvalue weighted by Gasteiger charge is 2.38. The highest BCUT2D eigenvalue weighted by molar-refractivity contribution is 6.04. The van der Waals surface area contributed by atoms with Gasteiger partial charge in [-0.25, -0.2) is 9.97 Å². The summed E-state index contributed by atoms with van der Waals surface area (Å²) >= 11 is 0. The van der Waals surface area contributed by atoms with Crippen molar-refractivity contribution in [2.45, 2.75) is 70.9 Å². The summed E-state index contributed by atoms with van der Waals surface area (Å²) in [6.45, 7) is 14.4. The first-order valence-corrected chi connectivity index (χ1v) is 16.8. The van der Waals surface area contributed by atoms with Gasteiger partial charge in [0.15, 0.2) is 0 Å². The number of nitrogens with one attached hydrogen (secondary N) is 2. The normalized spacial score (nSPS) is 17.7. The topological polar surface area (TPSA) is 124 Å². The molecule has 1 aliphatic carbocycles. The number of hydrogen-bond donors (Lipinski definition) is 2. The standard InChI is InChI=1S/C37H48N8O3/c1-8-14-37(31-13-12-28(19-38-31)27-10-11-27,23-44-15-16-45(26(5)22-44)32(46)9-2)42-30-18-24(3)33(39-21-30)35(47)41-34-25(4)17-29(20-40-34)36(48)43(6)7/h9,12-13,17-21,26-27,42H,2,8,10-11,14-16,22-23H2,1,3-7H3,(H,40,41,47)/t26-,37+/m1/s1. The molecule has 2 atom stereocenters. The van der Waals surface area contributed by atoms with Crippen molar-refractivity contribution in [3.05, 3.63) is 89.2 Å². The molecule has 3 aromatic rings. The molecule has 0 unspecified atom stereocenters. The van der Waals surface area contributed by atoms with Crippen LogP contribution < -0.4 is 10.6 Å². The van der Waals surface area contributed by atoms with Crippen molar-refractivity contribution in [1.29, 1.82) is 0 Å². The first-order chi connectivity index (χ1) is 22.9.